The molecule has 1 aromatic heterocycles. The van der Waals surface area contributed by atoms with Gasteiger partial charge in [-0.15, -0.1) is 11.3 Å². The Balaban J connectivity index is 1.13. The monoisotopic (exact) mass is 817 g/mol. The van der Waals surface area contributed by atoms with Crippen molar-refractivity contribution in [3.05, 3.63) is 259 Å². The van der Waals surface area contributed by atoms with Crippen molar-refractivity contribution < 1.29 is 0 Å². The lowest BCUT2D eigenvalue weighted by molar-refractivity contribution is 0.793. The smallest absolute Gasteiger partial charge is 0.0726 e. The van der Waals surface area contributed by atoms with Crippen molar-refractivity contribution in [2.24, 2.45) is 0 Å². The van der Waals surface area contributed by atoms with Crippen molar-refractivity contribution in [3.63, 3.8) is 0 Å². The molecule has 0 fully saturated rings. The summed E-state index contributed by atoms with van der Waals surface area (Å²) in [7, 11) is 0. The standard InChI is InChI=1S/C61H39NS/c1-3-17-40(18-4-1)41-31-33-43(34-32-41)59-56(37-38-58-60(59)50-25-11-16-30-57(50)63-58)62(55-29-15-10-21-45(55)42-19-5-2-6-20-42)44-35-36-49-48-24-9-14-28-53(48)61(54(49)39-44)51-26-12-7-22-46(51)47-23-8-13-27-52(47)61/h1-39H. The van der Waals surface area contributed by atoms with Crippen molar-refractivity contribution in [2.45, 2.75) is 5.41 Å². The number of nitrogens with zero attached hydrogens (tertiary/aromatic N) is 1. The van der Waals surface area contributed by atoms with E-state index in [4.69, 9.17) is 0 Å². The number of hydrogen-bond acceptors (Lipinski definition) is 2. The van der Waals surface area contributed by atoms with E-state index >= 15 is 0 Å². The molecule has 2 heteroatoms. The van der Waals surface area contributed by atoms with Gasteiger partial charge in [0.25, 0.3) is 0 Å². The molecule has 2 aliphatic carbocycles. The average molecular weight is 818 g/mol. The fourth-order valence-electron chi connectivity index (χ4n) is 10.9. The molecule has 0 aliphatic heterocycles. The minimum atomic E-state index is -0.469. The fourth-order valence-corrected chi connectivity index (χ4v) is 12.0. The summed E-state index contributed by atoms with van der Waals surface area (Å²) in [5.74, 6) is 0. The van der Waals surface area contributed by atoms with E-state index in [0.29, 0.717) is 0 Å². The number of rotatable bonds is 6. The van der Waals surface area contributed by atoms with Crippen LogP contribution in [0.2, 0.25) is 0 Å². The van der Waals surface area contributed by atoms with Crippen molar-refractivity contribution in [1.29, 1.82) is 0 Å². The predicted octanol–water partition coefficient (Wildman–Crippen LogP) is 16.9. The van der Waals surface area contributed by atoms with Crippen LogP contribution in [-0.2, 0) is 5.41 Å². The molecule has 11 aromatic rings. The van der Waals surface area contributed by atoms with Gasteiger partial charge in [0.05, 0.1) is 16.8 Å². The maximum Gasteiger partial charge on any atom is 0.0726 e. The molecular formula is C61H39NS. The van der Waals surface area contributed by atoms with Crippen molar-refractivity contribution in [1.82, 2.24) is 0 Å². The molecule has 0 bridgehead atoms. The third kappa shape index (κ3) is 5.29. The van der Waals surface area contributed by atoms with Crippen LogP contribution in [0.25, 0.3) is 75.8 Å². The zero-order valence-electron chi connectivity index (χ0n) is 34.4. The second-order valence-electron chi connectivity index (χ2n) is 16.7. The first-order valence-electron chi connectivity index (χ1n) is 21.8. The van der Waals surface area contributed by atoms with Gasteiger partial charge in [0.1, 0.15) is 0 Å². The number of hydrogen-bond donors (Lipinski definition) is 0. The molecule has 0 N–H and O–H groups in total. The molecule has 0 unspecified atom stereocenters. The summed E-state index contributed by atoms with van der Waals surface area (Å²) in [5.41, 5.74) is 20.6. The molecule has 1 heterocycles. The second kappa shape index (κ2) is 14.1. The SMILES string of the molecule is c1ccc(-c2ccc(-c3c(N(c4ccc5c(c4)C4(c6ccccc6-c6ccccc64)c4ccccc4-5)c4ccccc4-c4ccccc4)ccc4sc5ccccc5c34)cc2)cc1. The second-order valence-corrected chi connectivity index (χ2v) is 17.8. The number of benzene rings is 10. The Labute approximate surface area is 371 Å². The van der Waals surface area contributed by atoms with Gasteiger partial charge in [-0.3, -0.25) is 0 Å². The number of anilines is 3. The summed E-state index contributed by atoms with van der Waals surface area (Å²) < 4.78 is 2.57. The first kappa shape index (κ1) is 35.9. The zero-order valence-corrected chi connectivity index (χ0v) is 35.2. The number of thiophene rings is 1. The van der Waals surface area contributed by atoms with E-state index in [2.05, 4.69) is 241 Å². The van der Waals surface area contributed by atoms with Gasteiger partial charge in [-0.2, -0.15) is 0 Å². The summed E-state index contributed by atoms with van der Waals surface area (Å²) in [5, 5.41) is 2.56. The average Bonchev–Trinajstić information content (AvgIpc) is 3.99. The Morgan fingerprint density at radius 1 is 0.317 bits per heavy atom. The topological polar surface area (TPSA) is 3.24 Å². The van der Waals surface area contributed by atoms with Crippen LogP contribution < -0.4 is 4.90 Å². The summed E-state index contributed by atoms with van der Waals surface area (Å²) >= 11 is 1.87. The van der Waals surface area contributed by atoms with Gasteiger partial charge in [-0.25, -0.2) is 0 Å². The maximum atomic E-state index is 2.55. The quantitative estimate of drug-likeness (QED) is 0.162. The third-order valence-corrected chi connectivity index (χ3v) is 14.6. The van der Waals surface area contributed by atoms with Crippen molar-refractivity contribution in [2.75, 3.05) is 4.90 Å². The lowest BCUT2D eigenvalue weighted by Gasteiger charge is -2.33. The van der Waals surface area contributed by atoms with Gasteiger partial charge in [0.15, 0.2) is 0 Å². The molecule has 0 saturated heterocycles. The van der Waals surface area contributed by atoms with Crippen LogP contribution in [0.3, 0.4) is 0 Å². The van der Waals surface area contributed by atoms with Gasteiger partial charge >= 0.3 is 0 Å². The molecule has 2 aliphatic rings. The Morgan fingerprint density at radius 3 is 1.49 bits per heavy atom. The zero-order chi connectivity index (χ0) is 41.5. The van der Waals surface area contributed by atoms with Crippen LogP contribution in [0.4, 0.5) is 17.1 Å². The normalized spacial score (nSPS) is 12.9. The molecule has 1 nitrogen and oxygen atoms in total. The molecule has 294 valence electrons. The van der Waals surface area contributed by atoms with Crippen molar-refractivity contribution in [3.8, 4) is 55.6 Å². The van der Waals surface area contributed by atoms with Crippen LogP contribution >= 0.6 is 11.3 Å². The third-order valence-electron chi connectivity index (χ3n) is 13.5. The summed E-state index contributed by atoms with van der Waals surface area (Å²) in [6.45, 7) is 0. The number of para-hydroxylation sites is 1. The maximum absolute atomic E-state index is 2.55. The Kier molecular flexibility index (Phi) is 8.06. The van der Waals surface area contributed by atoms with Crippen LogP contribution in [0, 0.1) is 0 Å². The van der Waals surface area contributed by atoms with E-state index in [1.165, 1.54) is 98.1 Å². The predicted molar refractivity (Wildman–Crippen MR) is 267 cm³/mol. The molecule has 10 aromatic carbocycles. The van der Waals surface area contributed by atoms with Crippen LogP contribution in [-0.4, -0.2) is 0 Å². The van der Waals surface area contributed by atoms with Gasteiger partial charge in [0, 0.05) is 37.0 Å². The number of fused-ring (bicyclic) bond motifs is 13. The molecule has 1 spiro atoms. The Morgan fingerprint density at radius 2 is 0.825 bits per heavy atom. The molecule has 0 atom stereocenters. The Bertz CT molecular complexity index is 3500. The fraction of sp³-hybridized carbons (Fsp3) is 0.0164. The molecule has 63 heavy (non-hydrogen) atoms. The largest absolute Gasteiger partial charge is 0.309 e. The molecule has 0 amide bonds. The van der Waals surface area contributed by atoms with Gasteiger partial charge in [-0.05, 0) is 103 Å². The summed E-state index contributed by atoms with van der Waals surface area (Å²) in [6.07, 6.45) is 0. The van der Waals surface area contributed by atoms with E-state index in [1.807, 2.05) is 11.3 Å². The minimum absolute atomic E-state index is 0.469. The highest BCUT2D eigenvalue weighted by Gasteiger charge is 2.51. The lowest BCUT2D eigenvalue weighted by Crippen LogP contribution is -2.26. The highest BCUT2D eigenvalue weighted by Crippen LogP contribution is 2.63. The molecule has 13 rings (SSSR count). The van der Waals surface area contributed by atoms with Crippen LogP contribution in [0.1, 0.15) is 22.3 Å². The van der Waals surface area contributed by atoms with Gasteiger partial charge in [0.2, 0.25) is 0 Å². The van der Waals surface area contributed by atoms with E-state index in [0.717, 1.165) is 17.1 Å². The van der Waals surface area contributed by atoms with Crippen LogP contribution in [0.15, 0.2) is 237 Å². The highest BCUT2D eigenvalue weighted by molar-refractivity contribution is 7.26. The van der Waals surface area contributed by atoms with E-state index in [-0.39, 0.29) is 0 Å². The van der Waals surface area contributed by atoms with Gasteiger partial charge in [-0.1, -0.05) is 200 Å². The summed E-state index contributed by atoms with van der Waals surface area (Å²) in [4.78, 5) is 2.55. The summed E-state index contributed by atoms with van der Waals surface area (Å²) in [6, 6.07) is 87.9. The van der Waals surface area contributed by atoms with Crippen LogP contribution in [0.5, 0.6) is 0 Å². The van der Waals surface area contributed by atoms with E-state index in [1.54, 1.807) is 0 Å². The lowest BCUT2D eigenvalue weighted by atomic mass is 9.70. The van der Waals surface area contributed by atoms with E-state index in [9.17, 15) is 0 Å². The van der Waals surface area contributed by atoms with Crippen molar-refractivity contribution >= 4 is 48.6 Å². The molecule has 0 saturated carbocycles. The molecular weight excluding hydrogens is 779 g/mol. The Hall–Kier alpha value is -7.78. The highest BCUT2D eigenvalue weighted by atomic mass is 32.1. The first-order chi connectivity index (χ1) is 31.3. The first-order valence-corrected chi connectivity index (χ1v) is 22.6. The minimum Gasteiger partial charge on any atom is -0.309 e. The van der Waals surface area contributed by atoms with E-state index < -0.39 is 5.41 Å². The van der Waals surface area contributed by atoms with Gasteiger partial charge < -0.3 is 4.90 Å². The molecule has 0 radical (unpaired) electrons.